The minimum Gasteiger partial charge on any atom is -0.374 e. The third kappa shape index (κ3) is 6.33. The van der Waals surface area contributed by atoms with E-state index in [4.69, 9.17) is 14.9 Å². The second-order valence-electron chi connectivity index (χ2n) is 3.96. The average molecular weight is 247 g/mol. The van der Waals surface area contributed by atoms with Crippen molar-refractivity contribution in [1.29, 1.82) is 5.41 Å². The van der Waals surface area contributed by atoms with Gasteiger partial charge in [0, 0.05) is 6.21 Å². The first-order chi connectivity index (χ1) is 8.86. The smallest absolute Gasteiger partial charge is 0.0847 e. The largest absolute Gasteiger partial charge is 0.374 e. The Morgan fingerprint density at radius 2 is 2.06 bits per heavy atom. The summed E-state index contributed by atoms with van der Waals surface area (Å²) in [5, 5.41) is 6.98. The minimum atomic E-state index is 0.0199. The molecule has 0 amide bonds. The van der Waals surface area contributed by atoms with Gasteiger partial charge in [-0.2, -0.15) is 0 Å². The highest BCUT2D eigenvalue weighted by atomic mass is 16.5. The van der Waals surface area contributed by atoms with Gasteiger partial charge in [-0.3, -0.25) is 0 Å². The molecule has 0 aliphatic heterocycles. The topological polar surface area (TPSA) is 42.3 Å². The number of benzene rings is 1. The van der Waals surface area contributed by atoms with Gasteiger partial charge in [0.2, 0.25) is 0 Å². The lowest BCUT2D eigenvalue weighted by Crippen LogP contribution is -2.20. The summed E-state index contributed by atoms with van der Waals surface area (Å²) in [6.45, 7) is 3.48. The van der Waals surface area contributed by atoms with Gasteiger partial charge in [-0.05, 0) is 18.9 Å². The van der Waals surface area contributed by atoms with Crippen LogP contribution in [0.5, 0.6) is 0 Å². The normalized spacial score (nSPS) is 12.7. The molecule has 0 unspecified atom stereocenters. The second-order valence-corrected chi connectivity index (χ2v) is 3.96. The van der Waals surface area contributed by atoms with Gasteiger partial charge < -0.3 is 14.9 Å². The molecule has 0 fully saturated rings. The van der Waals surface area contributed by atoms with E-state index >= 15 is 0 Å². The zero-order chi connectivity index (χ0) is 13.1. The first-order valence-electron chi connectivity index (χ1n) is 6.20. The third-order valence-corrected chi connectivity index (χ3v) is 2.47. The highest BCUT2D eigenvalue weighted by Gasteiger charge is 2.07. The van der Waals surface area contributed by atoms with Gasteiger partial charge in [-0.15, -0.1) is 0 Å². The second kappa shape index (κ2) is 9.57. The quantitative estimate of drug-likeness (QED) is 0.538. The first kappa shape index (κ1) is 14.6. The Hall–Kier alpha value is -1.45. The van der Waals surface area contributed by atoms with Crippen LogP contribution in [0.3, 0.4) is 0 Å². The molecule has 18 heavy (non-hydrogen) atoms. The molecule has 0 spiro atoms. The van der Waals surface area contributed by atoms with E-state index in [9.17, 15) is 0 Å². The molecule has 0 radical (unpaired) electrons. The fourth-order valence-corrected chi connectivity index (χ4v) is 1.54. The Balaban J connectivity index is 2.29. The Labute approximate surface area is 109 Å². The van der Waals surface area contributed by atoms with E-state index in [1.807, 2.05) is 43.3 Å². The van der Waals surface area contributed by atoms with Crippen LogP contribution in [0.2, 0.25) is 0 Å². The van der Waals surface area contributed by atoms with Crippen molar-refractivity contribution in [3.63, 3.8) is 0 Å². The van der Waals surface area contributed by atoms with Crippen LogP contribution in [0.15, 0.2) is 42.5 Å². The van der Waals surface area contributed by atoms with Crippen molar-refractivity contribution in [1.82, 2.24) is 0 Å². The Kier molecular flexibility index (Phi) is 7.77. The Morgan fingerprint density at radius 1 is 1.28 bits per heavy atom. The van der Waals surface area contributed by atoms with Crippen LogP contribution < -0.4 is 0 Å². The van der Waals surface area contributed by atoms with Gasteiger partial charge in [0.05, 0.1) is 25.9 Å². The van der Waals surface area contributed by atoms with Gasteiger partial charge in [0.25, 0.3) is 0 Å². The molecular weight excluding hydrogens is 226 g/mol. The molecule has 0 heterocycles. The molecule has 1 aromatic rings. The molecule has 1 N–H and O–H groups in total. The standard InChI is InChI=1S/C15H21NO2/c1-2-3-9-15(18-11-10-16)13-17-12-14-7-5-4-6-8-14/h2-8,10,15-16H,9,11-13H2,1H3/t15-/m1/s1. The number of nitrogens with one attached hydrogen (secondary N) is 1. The lowest BCUT2D eigenvalue weighted by molar-refractivity contribution is -0.00522. The molecule has 1 rings (SSSR count). The van der Waals surface area contributed by atoms with Crippen molar-refractivity contribution < 1.29 is 9.47 Å². The van der Waals surface area contributed by atoms with Gasteiger partial charge >= 0.3 is 0 Å². The maximum absolute atomic E-state index is 6.98. The lowest BCUT2D eigenvalue weighted by Gasteiger charge is -2.15. The van der Waals surface area contributed by atoms with E-state index < -0.39 is 0 Å². The van der Waals surface area contributed by atoms with E-state index in [2.05, 4.69) is 6.08 Å². The van der Waals surface area contributed by atoms with Crippen LogP contribution in [-0.2, 0) is 16.1 Å². The molecule has 3 heteroatoms. The van der Waals surface area contributed by atoms with Crippen LogP contribution in [0.1, 0.15) is 18.9 Å². The summed E-state index contributed by atoms with van der Waals surface area (Å²) in [5.74, 6) is 0. The molecule has 0 aliphatic carbocycles. The van der Waals surface area contributed by atoms with Gasteiger partial charge in [-0.1, -0.05) is 42.5 Å². The third-order valence-electron chi connectivity index (χ3n) is 2.47. The zero-order valence-electron chi connectivity index (χ0n) is 10.8. The van der Waals surface area contributed by atoms with E-state index in [0.29, 0.717) is 19.8 Å². The van der Waals surface area contributed by atoms with Gasteiger partial charge in [0.1, 0.15) is 0 Å². The van der Waals surface area contributed by atoms with E-state index in [-0.39, 0.29) is 6.10 Å². The predicted molar refractivity (Wildman–Crippen MR) is 74.1 cm³/mol. The molecule has 98 valence electrons. The van der Waals surface area contributed by atoms with Crippen molar-refractivity contribution in [3.8, 4) is 0 Å². The average Bonchev–Trinajstić information content (AvgIpc) is 2.42. The number of hydrogen-bond donors (Lipinski definition) is 1. The van der Waals surface area contributed by atoms with Gasteiger partial charge in [-0.25, -0.2) is 0 Å². The maximum Gasteiger partial charge on any atom is 0.0847 e. The summed E-state index contributed by atoms with van der Waals surface area (Å²) in [5.41, 5.74) is 1.16. The summed E-state index contributed by atoms with van der Waals surface area (Å²) in [6.07, 6.45) is 6.16. The van der Waals surface area contributed by atoms with E-state index in [1.165, 1.54) is 6.21 Å². The highest BCUT2D eigenvalue weighted by molar-refractivity contribution is 5.54. The van der Waals surface area contributed by atoms with Crippen LogP contribution in [-0.4, -0.2) is 25.5 Å². The molecule has 0 bridgehead atoms. The molecule has 1 aromatic carbocycles. The van der Waals surface area contributed by atoms with Crippen molar-refractivity contribution >= 4 is 6.21 Å². The van der Waals surface area contributed by atoms with E-state index in [0.717, 1.165) is 12.0 Å². The van der Waals surface area contributed by atoms with Gasteiger partial charge in [0.15, 0.2) is 0 Å². The predicted octanol–water partition coefficient (Wildman–Crippen LogP) is 3.20. The molecule has 0 saturated carbocycles. The molecule has 0 aromatic heterocycles. The lowest BCUT2D eigenvalue weighted by atomic mass is 10.2. The molecule has 0 saturated heterocycles. The monoisotopic (exact) mass is 247 g/mol. The van der Waals surface area contributed by atoms with Crippen molar-refractivity contribution in [2.75, 3.05) is 13.2 Å². The van der Waals surface area contributed by atoms with Crippen molar-refractivity contribution in [3.05, 3.63) is 48.0 Å². The maximum atomic E-state index is 6.98. The van der Waals surface area contributed by atoms with Crippen molar-refractivity contribution in [2.24, 2.45) is 0 Å². The fraction of sp³-hybridized carbons (Fsp3) is 0.400. The van der Waals surface area contributed by atoms with E-state index in [1.54, 1.807) is 0 Å². The number of rotatable bonds is 9. The molecule has 0 aliphatic rings. The number of allylic oxidation sites excluding steroid dienone is 1. The summed E-state index contributed by atoms with van der Waals surface area (Å²) in [4.78, 5) is 0. The summed E-state index contributed by atoms with van der Waals surface area (Å²) in [7, 11) is 0. The van der Waals surface area contributed by atoms with Crippen LogP contribution in [0.25, 0.3) is 0 Å². The number of hydrogen-bond acceptors (Lipinski definition) is 3. The zero-order valence-corrected chi connectivity index (χ0v) is 10.8. The highest BCUT2D eigenvalue weighted by Crippen LogP contribution is 2.05. The minimum absolute atomic E-state index is 0.0199. The van der Waals surface area contributed by atoms with Crippen molar-refractivity contribution in [2.45, 2.75) is 26.1 Å². The fourth-order valence-electron chi connectivity index (χ4n) is 1.54. The number of ether oxygens (including phenoxy) is 2. The summed E-state index contributed by atoms with van der Waals surface area (Å²) < 4.78 is 11.2. The van der Waals surface area contributed by atoms with Crippen LogP contribution >= 0.6 is 0 Å². The SMILES string of the molecule is CC=CC[C@H](COCc1ccccc1)OCC=N. The first-order valence-corrected chi connectivity index (χ1v) is 6.20. The Morgan fingerprint density at radius 3 is 2.72 bits per heavy atom. The molecule has 1 atom stereocenters. The van der Waals surface area contributed by atoms with Crippen LogP contribution in [0, 0.1) is 5.41 Å². The summed E-state index contributed by atoms with van der Waals surface area (Å²) >= 11 is 0. The summed E-state index contributed by atoms with van der Waals surface area (Å²) in [6, 6.07) is 10.1. The van der Waals surface area contributed by atoms with Crippen LogP contribution in [0.4, 0.5) is 0 Å². The Bertz CT molecular complexity index is 349. The molecule has 3 nitrogen and oxygen atoms in total. The molecular formula is C15H21NO2.